The second kappa shape index (κ2) is 5.82. The molecule has 2 aromatic carbocycles. The normalized spacial score (nSPS) is 10.3. The molecule has 0 aromatic heterocycles. The van der Waals surface area contributed by atoms with Crippen LogP contribution in [0.4, 0.5) is 0 Å². The van der Waals surface area contributed by atoms with Crippen LogP contribution in [0.25, 0.3) is 0 Å². The van der Waals surface area contributed by atoms with Gasteiger partial charge < -0.3 is 10.5 Å². The quantitative estimate of drug-likeness (QED) is 0.608. The second-order valence-electron chi connectivity index (χ2n) is 3.73. The third-order valence-electron chi connectivity index (χ3n) is 2.35. The van der Waals surface area contributed by atoms with Crippen LogP contribution in [0.1, 0.15) is 5.56 Å². The topological polar surface area (TPSA) is 59.1 Å². The maximum Gasteiger partial charge on any atom is 0.146 e. The Morgan fingerprint density at radius 3 is 2.42 bits per heavy atom. The molecule has 0 aliphatic heterocycles. The molecule has 0 aliphatic rings. The predicted molar refractivity (Wildman–Crippen MR) is 81.7 cm³/mol. The monoisotopic (exact) mass is 358 g/mol. The maximum absolute atomic E-state index is 7.53. The molecule has 0 saturated carbocycles. The van der Waals surface area contributed by atoms with Gasteiger partial charge >= 0.3 is 0 Å². The van der Waals surface area contributed by atoms with Gasteiger partial charge in [0.05, 0.1) is 10.6 Å². The van der Waals surface area contributed by atoms with E-state index in [1.807, 2.05) is 6.07 Å². The van der Waals surface area contributed by atoms with Crippen molar-refractivity contribution >= 4 is 45.0 Å². The number of hydrogen-bond donors (Lipinski definition) is 2. The van der Waals surface area contributed by atoms with Crippen molar-refractivity contribution in [3.8, 4) is 11.5 Å². The maximum atomic E-state index is 7.53. The Kier molecular flexibility index (Phi) is 4.34. The van der Waals surface area contributed by atoms with E-state index >= 15 is 0 Å². The van der Waals surface area contributed by atoms with Crippen LogP contribution in [0, 0.1) is 5.41 Å². The summed E-state index contributed by atoms with van der Waals surface area (Å²) in [6, 6.07) is 10.1. The third-order valence-corrected chi connectivity index (χ3v) is 3.37. The highest BCUT2D eigenvalue weighted by Gasteiger charge is 2.10. The van der Waals surface area contributed by atoms with Gasteiger partial charge in [0.1, 0.15) is 17.3 Å². The minimum absolute atomic E-state index is 0.120. The van der Waals surface area contributed by atoms with Crippen molar-refractivity contribution in [2.75, 3.05) is 0 Å². The number of ether oxygens (including phenoxy) is 1. The van der Waals surface area contributed by atoms with Gasteiger partial charge in [-0.2, -0.15) is 0 Å². The van der Waals surface area contributed by atoms with E-state index in [1.54, 1.807) is 30.3 Å². The zero-order valence-corrected chi connectivity index (χ0v) is 12.7. The molecule has 0 bridgehead atoms. The molecule has 0 aliphatic carbocycles. The highest BCUT2D eigenvalue weighted by molar-refractivity contribution is 9.10. The highest BCUT2D eigenvalue weighted by Crippen LogP contribution is 2.33. The minimum atomic E-state index is -0.120. The first-order chi connectivity index (χ1) is 8.97. The van der Waals surface area contributed by atoms with E-state index < -0.39 is 0 Å². The molecule has 19 heavy (non-hydrogen) atoms. The Hall–Kier alpha value is -1.23. The average molecular weight is 360 g/mol. The van der Waals surface area contributed by atoms with Crippen molar-refractivity contribution in [2.45, 2.75) is 0 Å². The SMILES string of the molecule is N=C(N)c1cc(Cl)ccc1Oc1ccc(Br)cc1Cl. The number of nitrogen functional groups attached to an aromatic ring is 1. The standard InChI is InChI=1S/C13H9BrCl2N2O/c14-7-1-3-12(10(16)5-7)19-11-4-2-8(15)6-9(11)13(17)18/h1-6H,(H3,17,18). The summed E-state index contributed by atoms with van der Waals surface area (Å²) in [6.45, 7) is 0. The zero-order chi connectivity index (χ0) is 14.0. The molecule has 0 spiro atoms. The van der Waals surface area contributed by atoms with Crippen LogP contribution >= 0.6 is 39.1 Å². The largest absolute Gasteiger partial charge is 0.455 e. The molecule has 0 fully saturated rings. The molecule has 3 N–H and O–H groups in total. The molecule has 0 saturated heterocycles. The minimum Gasteiger partial charge on any atom is -0.455 e. The number of nitrogens with two attached hydrogens (primary N) is 1. The van der Waals surface area contributed by atoms with Crippen LogP contribution in [0.3, 0.4) is 0 Å². The van der Waals surface area contributed by atoms with Crippen molar-refractivity contribution in [3.63, 3.8) is 0 Å². The summed E-state index contributed by atoms with van der Waals surface area (Å²) in [5, 5.41) is 8.47. The fourth-order valence-corrected chi connectivity index (χ4v) is 2.36. The average Bonchev–Trinajstić information content (AvgIpc) is 2.34. The number of benzene rings is 2. The van der Waals surface area contributed by atoms with E-state index in [0.29, 0.717) is 27.1 Å². The first kappa shape index (κ1) is 14.2. The summed E-state index contributed by atoms with van der Waals surface area (Å²) >= 11 is 15.3. The van der Waals surface area contributed by atoms with Gasteiger partial charge in [-0.25, -0.2) is 0 Å². The molecular formula is C13H9BrCl2N2O. The Bertz CT molecular complexity index is 647. The molecule has 2 aromatic rings. The Morgan fingerprint density at radius 2 is 1.79 bits per heavy atom. The lowest BCUT2D eigenvalue weighted by atomic mass is 10.2. The number of amidine groups is 1. The van der Waals surface area contributed by atoms with Gasteiger partial charge in [-0.1, -0.05) is 39.1 Å². The summed E-state index contributed by atoms with van der Waals surface area (Å²) in [6.07, 6.45) is 0. The molecule has 6 heteroatoms. The van der Waals surface area contributed by atoms with Gasteiger partial charge in [-0.15, -0.1) is 0 Å². The van der Waals surface area contributed by atoms with Gasteiger partial charge in [0.25, 0.3) is 0 Å². The summed E-state index contributed by atoms with van der Waals surface area (Å²) in [5.74, 6) is 0.793. The van der Waals surface area contributed by atoms with Crippen LogP contribution in [0.5, 0.6) is 11.5 Å². The van der Waals surface area contributed by atoms with Gasteiger partial charge in [-0.05, 0) is 36.4 Å². The van der Waals surface area contributed by atoms with Gasteiger partial charge in [0.15, 0.2) is 0 Å². The third kappa shape index (κ3) is 3.41. The number of nitrogens with one attached hydrogen (secondary N) is 1. The molecule has 0 unspecified atom stereocenters. The van der Waals surface area contributed by atoms with E-state index in [0.717, 1.165) is 4.47 Å². The molecule has 3 nitrogen and oxygen atoms in total. The lowest BCUT2D eigenvalue weighted by Gasteiger charge is -2.12. The van der Waals surface area contributed by atoms with Crippen LogP contribution < -0.4 is 10.5 Å². The molecule has 0 heterocycles. The number of hydrogen-bond acceptors (Lipinski definition) is 2. The fraction of sp³-hybridized carbons (Fsp3) is 0. The molecular weight excluding hydrogens is 351 g/mol. The Morgan fingerprint density at radius 1 is 1.11 bits per heavy atom. The van der Waals surface area contributed by atoms with Gasteiger partial charge in [0.2, 0.25) is 0 Å². The van der Waals surface area contributed by atoms with Crippen LogP contribution in [0.15, 0.2) is 40.9 Å². The van der Waals surface area contributed by atoms with Gasteiger partial charge in [0, 0.05) is 9.50 Å². The molecule has 98 valence electrons. The summed E-state index contributed by atoms with van der Waals surface area (Å²) in [5.41, 5.74) is 5.93. The lowest BCUT2D eigenvalue weighted by molar-refractivity contribution is 0.481. The van der Waals surface area contributed by atoms with Crippen molar-refractivity contribution < 1.29 is 4.74 Å². The molecule has 2 rings (SSSR count). The van der Waals surface area contributed by atoms with Gasteiger partial charge in [-0.3, -0.25) is 5.41 Å². The molecule has 0 radical (unpaired) electrons. The number of rotatable bonds is 3. The van der Waals surface area contributed by atoms with E-state index in [9.17, 15) is 0 Å². The smallest absolute Gasteiger partial charge is 0.146 e. The lowest BCUT2D eigenvalue weighted by Crippen LogP contribution is -2.12. The van der Waals surface area contributed by atoms with Crippen molar-refractivity contribution in [2.24, 2.45) is 5.73 Å². The van der Waals surface area contributed by atoms with Crippen LogP contribution in [-0.2, 0) is 0 Å². The van der Waals surface area contributed by atoms with Crippen molar-refractivity contribution in [1.82, 2.24) is 0 Å². The summed E-state index contributed by atoms with van der Waals surface area (Å²) in [7, 11) is 0. The predicted octanol–water partition coefficient (Wildman–Crippen LogP) is 4.83. The highest BCUT2D eigenvalue weighted by atomic mass is 79.9. The Labute approximate surface area is 128 Å². The molecule has 0 amide bonds. The number of halogens is 3. The van der Waals surface area contributed by atoms with Crippen molar-refractivity contribution in [1.29, 1.82) is 5.41 Å². The first-order valence-electron chi connectivity index (χ1n) is 5.24. The second-order valence-corrected chi connectivity index (χ2v) is 5.49. The van der Waals surface area contributed by atoms with Crippen molar-refractivity contribution in [3.05, 3.63) is 56.5 Å². The van der Waals surface area contributed by atoms with Crippen LogP contribution in [0.2, 0.25) is 10.0 Å². The van der Waals surface area contributed by atoms with E-state index in [2.05, 4.69) is 15.9 Å². The van der Waals surface area contributed by atoms with E-state index in [-0.39, 0.29) is 5.84 Å². The fourth-order valence-electron chi connectivity index (χ4n) is 1.48. The Balaban J connectivity index is 2.40. The van der Waals surface area contributed by atoms with E-state index in [4.69, 9.17) is 39.1 Å². The first-order valence-corrected chi connectivity index (χ1v) is 6.79. The zero-order valence-electron chi connectivity index (χ0n) is 9.58. The summed E-state index contributed by atoms with van der Waals surface area (Å²) < 4.78 is 6.53. The summed E-state index contributed by atoms with van der Waals surface area (Å²) in [4.78, 5) is 0. The van der Waals surface area contributed by atoms with Crippen LogP contribution in [-0.4, -0.2) is 5.84 Å². The molecule has 0 atom stereocenters. The van der Waals surface area contributed by atoms with E-state index in [1.165, 1.54) is 0 Å².